The highest BCUT2D eigenvalue weighted by atomic mass is 79.9. The minimum atomic E-state index is 0.232. The number of hydrogen-bond donors (Lipinski definition) is 1. The minimum absolute atomic E-state index is 0.232. The molecule has 0 atom stereocenters. The van der Waals surface area contributed by atoms with E-state index in [9.17, 15) is 5.11 Å². The van der Waals surface area contributed by atoms with Crippen LogP contribution >= 0.6 is 15.9 Å². The molecule has 2 rings (SSSR count). The van der Waals surface area contributed by atoms with Crippen LogP contribution in [0.4, 0.5) is 0 Å². The van der Waals surface area contributed by atoms with Gasteiger partial charge in [-0.15, -0.1) is 0 Å². The second kappa shape index (κ2) is 5.23. The highest BCUT2D eigenvalue weighted by Crippen LogP contribution is 2.25. The molecule has 0 radical (unpaired) electrons. The molecule has 2 aromatic rings. The Morgan fingerprint density at radius 3 is 2.71 bits per heavy atom. The Balaban J connectivity index is 2.05. The maximum Gasteiger partial charge on any atom is 0.130 e. The summed E-state index contributed by atoms with van der Waals surface area (Å²) < 4.78 is 6.33. The molecule has 0 saturated carbocycles. The first-order valence-corrected chi connectivity index (χ1v) is 6.11. The average molecular weight is 293 g/mol. The summed E-state index contributed by atoms with van der Waals surface area (Å²) in [6, 6.07) is 13.3. The monoisotopic (exact) mass is 292 g/mol. The summed E-state index contributed by atoms with van der Waals surface area (Å²) in [7, 11) is 0. The van der Waals surface area contributed by atoms with Crippen LogP contribution in [0.15, 0.2) is 46.9 Å². The van der Waals surface area contributed by atoms with Gasteiger partial charge in [0.05, 0.1) is 4.47 Å². The van der Waals surface area contributed by atoms with Crippen LogP contribution in [0, 0.1) is 6.92 Å². The van der Waals surface area contributed by atoms with E-state index in [1.165, 1.54) is 5.56 Å². The maximum absolute atomic E-state index is 9.54. The highest BCUT2D eigenvalue weighted by molar-refractivity contribution is 9.10. The number of halogens is 1. The Hall–Kier alpha value is -1.48. The lowest BCUT2D eigenvalue weighted by molar-refractivity contribution is 0.305. The number of aromatic hydroxyl groups is 1. The molecule has 0 spiro atoms. The first-order valence-electron chi connectivity index (χ1n) is 5.32. The van der Waals surface area contributed by atoms with Crippen molar-refractivity contribution in [3.8, 4) is 11.5 Å². The summed E-state index contributed by atoms with van der Waals surface area (Å²) in [4.78, 5) is 0. The minimum Gasteiger partial charge on any atom is -0.507 e. The van der Waals surface area contributed by atoms with E-state index < -0.39 is 0 Å². The third-order valence-electron chi connectivity index (χ3n) is 2.41. The van der Waals surface area contributed by atoms with Crippen LogP contribution in [-0.4, -0.2) is 5.11 Å². The Morgan fingerprint density at radius 2 is 2.00 bits per heavy atom. The fraction of sp³-hybridized carbons (Fsp3) is 0.143. The number of benzene rings is 2. The Morgan fingerprint density at radius 1 is 1.18 bits per heavy atom. The van der Waals surface area contributed by atoms with E-state index in [2.05, 4.69) is 15.9 Å². The molecule has 0 aliphatic carbocycles. The normalized spacial score (nSPS) is 10.2. The van der Waals surface area contributed by atoms with Crippen molar-refractivity contribution in [1.29, 1.82) is 0 Å². The quantitative estimate of drug-likeness (QED) is 0.925. The van der Waals surface area contributed by atoms with Crippen molar-refractivity contribution >= 4 is 15.9 Å². The predicted octanol–water partition coefficient (Wildman–Crippen LogP) is 4.04. The van der Waals surface area contributed by atoms with Gasteiger partial charge in [-0.05, 0) is 58.2 Å². The zero-order valence-electron chi connectivity index (χ0n) is 9.48. The lowest BCUT2D eigenvalue weighted by Crippen LogP contribution is -1.95. The van der Waals surface area contributed by atoms with E-state index in [0.29, 0.717) is 11.1 Å². The number of phenolic OH excluding ortho intramolecular Hbond substituents is 1. The van der Waals surface area contributed by atoms with Crippen molar-refractivity contribution in [1.82, 2.24) is 0 Å². The van der Waals surface area contributed by atoms with Crippen molar-refractivity contribution < 1.29 is 9.84 Å². The molecule has 88 valence electrons. The van der Waals surface area contributed by atoms with Crippen molar-refractivity contribution in [3.05, 3.63) is 58.1 Å². The zero-order valence-corrected chi connectivity index (χ0v) is 11.1. The van der Waals surface area contributed by atoms with Crippen LogP contribution in [0.3, 0.4) is 0 Å². The molecule has 0 aliphatic rings. The fourth-order valence-corrected chi connectivity index (χ4v) is 1.77. The molecule has 3 heteroatoms. The molecule has 2 nitrogen and oxygen atoms in total. The van der Waals surface area contributed by atoms with E-state index in [0.717, 1.165) is 11.3 Å². The molecule has 0 bridgehead atoms. The lowest BCUT2D eigenvalue weighted by atomic mass is 10.2. The van der Waals surface area contributed by atoms with Gasteiger partial charge in [0.25, 0.3) is 0 Å². The van der Waals surface area contributed by atoms with Crippen molar-refractivity contribution in [2.75, 3.05) is 0 Å². The van der Waals surface area contributed by atoms with Crippen LogP contribution in [0.2, 0.25) is 0 Å². The summed E-state index contributed by atoms with van der Waals surface area (Å²) in [5.74, 6) is 1.07. The Kier molecular flexibility index (Phi) is 3.69. The van der Waals surface area contributed by atoms with E-state index in [1.807, 2.05) is 43.3 Å². The lowest BCUT2D eigenvalue weighted by Gasteiger charge is -2.07. The first-order chi connectivity index (χ1) is 8.15. The Labute approximate surface area is 109 Å². The van der Waals surface area contributed by atoms with Crippen molar-refractivity contribution in [2.45, 2.75) is 13.5 Å². The molecule has 0 aromatic heterocycles. The summed E-state index contributed by atoms with van der Waals surface area (Å²) in [5.41, 5.74) is 2.10. The summed E-state index contributed by atoms with van der Waals surface area (Å²) in [6.07, 6.45) is 0. The maximum atomic E-state index is 9.54. The third kappa shape index (κ3) is 3.24. The average Bonchev–Trinajstić information content (AvgIpc) is 2.31. The van der Waals surface area contributed by atoms with Crippen LogP contribution in [0.25, 0.3) is 0 Å². The number of rotatable bonds is 3. The molecule has 0 saturated heterocycles. The molecular formula is C14H13BrO2. The second-order valence-electron chi connectivity index (χ2n) is 3.89. The van der Waals surface area contributed by atoms with Crippen molar-refractivity contribution in [3.63, 3.8) is 0 Å². The molecule has 0 heterocycles. The summed E-state index contributed by atoms with van der Waals surface area (Å²) >= 11 is 3.24. The zero-order chi connectivity index (χ0) is 12.3. The number of phenols is 1. The van der Waals surface area contributed by atoms with Gasteiger partial charge in [0, 0.05) is 0 Å². The molecule has 1 N–H and O–H groups in total. The van der Waals surface area contributed by atoms with E-state index in [-0.39, 0.29) is 5.75 Å². The van der Waals surface area contributed by atoms with Gasteiger partial charge in [0.2, 0.25) is 0 Å². The molecule has 17 heavy (non-hydrogen) atoms. The smallest absolute Gasteiger partial charge is 0.130 e. The third-order valence-corrected chi connectivity index (χ3v) is 3.08. The van der Waals surface area contributed by atoms with Crippen LogP contribution in [0.1, 0.15) is 11.1 Å². The largest absolute Gasteiger partial charge is 0.507 e. The SMILES string of the molecule is Cc1cccc(OCc2ccc(Br)c(O)c2)c1. The van der Waals surface area contributed by atoms with Gasteiger partial charge in [-0.3, -0.25) is 0 Å². The van der Waals surface area contributed by atoms with E-state index in [4.69, 9.17) is 4.74 Å². The van der Waals surface area contributed by atoms with Gasteiger partial charge in [-0.1, -0.05) is 18.2 Å². The Bertz CT molecular complexity index is 523. The van der Waals surface area contributed by atoms with Gasteiger partial charge in [-0.2, -0.15) is 0 Å². The summed E-state index contributed by atoms with van der Waals surface area (Å²) in [5, 5.41) is 9.54. The molecule has 0 amide bonds. The first kappa shape index (κ1) is 12.0. The molecule has 0 fully saturated rings. The van der Waals surface area contributed by atoms with E-state index >= 15 is 0 Å². The summed E-state index contributed by atoms with van der Waals surface area (Å²) in [6.45, 7) is 2.47. The second-order valence-corrected chi connectivity index (χ2v) is 4.75. The van der Waals surface area contributed by atoms with Gasteiger partial charge < -0.3 is 9.84 Å². The standard InChI is InChI=1S/C14H13BrO2/c1-10-3-2-4-12(7-10)17-9-11-5-6-13(15)14(16)8-11/h2-8,16H,9H2,1H3. The van der Waals surface area contributed by atoms with Crippen LogP contribution in [-0.2, 0) is 6.61 Å². The van der Waals surface area contributed by atoms with Gasteiger partial charge in [-0.25, -0.2) is 0 Å². The van der Waals surface area contributed by atoms with E-state index in [1.54, 1.807) is 6.07 Å². The molecule has 0 aliphatic heterocycles. The number of aryl methyl sites for hydroxylation is 1. The number of hydrogen-bond acceptors (Lipinski definition) is 2. The van der Waals surface area contributed by atoms with Crippen molar-refractivity contribution in [2.24, 2.45) is 0 Å². The molecular weight excluding hydrogens is 280 g/mol. The fourth-order valence-electron chi connectivity index (χ4n) is 1.52. The topological polar surface area (TPSA) is 29.5 Å². The van der Waals surface area contributed by atoms with Gasteiger partial charge >= 0.3 is 0 Å². The number of ether oxygens (including phenoxy) is 1. The van der Waals surface area contributed by atoms with Crippen LogP contribution < -0.4 is 4.74 Å². The van der Waals surface area contributed by atoms with Crippen LogP contribution in [0.5, 0.6) is 11.5 Å². The molecule has 0 unspecified atom stereocenters. The molecule has 2 aromatic carbocycles. The predicted molar refractivity (Wildman–Crippen MR) is 71.3 cm³/mol. The van der Waals surface area contributed by atoms with Gasteiger partial charge in [0.15, 0.2) is 0 Å². The van der Waals surface area contributed by atoms with Gasteiger partial charge in [0.1, 0.15) is 18.1 Å². The highest BCUT2D eigenvalue weighted by Gasteiger charge is 2.01.